The van der Waals surface area contributed by atoms with Gasteiger partial charge in [-0.15, -0.1) is 0 Å². The van der Waals surface area contributed by atoms with Crippen molar-refractivity contribution in [3.8, 4) is 5.75 Å². The van der Waals surface area contributed by atoms with E-state index in [0.717, 1.165) is 17.5 Å². The average Bonchev–Trinajstić information content (AvgIpc) is 2.69. The molecule has 2 aromatic carbocycles. The van der Waals surface area contributed by atoms with Gasteiger partial charge in [-0.3, -0.25) is 4.79 Å². The van der Waals surface area contributed by atoms with Crippen LogP contribution in [0.4, 0.5) is 4.79 Å². The SMILES string of the molecule is CCc1ccccc1OCC(=O)NCCNC(=O)OCc1ccccc1. The average molecular weight is 356 g/mol. The van der Waals surface area contributed by atoms with Gasteiger partial charge in [0.25, 0.3) is 5.91 Å². The number of hydrogen-bond donors (Lipinski definition) is 2. The van der Waals surface area contributed by atoms with Crippen molar-refractivity contribution in [2.45, 2.75) is 20.0 Å². The Kier molecular flexibility index (Phi) is 7.99. The molecule has 0 bridgehead atoms. The normalized spacial score (nSPS) is 10.0. The summed E-state index contributed by atoms with van der Waals surface area (Å²) in [4.78, 5) is 23.4. The van der Waals surface area contributed by atoms with Gasteiger partial charge >= 0.3 is 6.09 Å². The number of carbonyl (C=O) groups excluding carboxylic acids is 2. The Hall–Kier alpha value is -3.02. The molecule has 2 amide bonds. The van der Waals surface area contributed by atoms with Crippen molar-refractivity contribution >= 4 is 12.0 Å². The minimum atomic E-state index is -0.517. The second-order valence-corrected chi connectivity index (χ2v) is 5.59. The number of alkyl carbamates (subject to hydrolysis) is 1. The van der Waals surface area contributed by atoms with Crippen LogP contribution in [-0.2, 0) is 22.6 Å². The van der Waals surface area contributed by atoms with Gasteiger partial charge in [-0.05, 0) is 23.6 Å². The van der Waals surface area contributed by atoms with Crippen LogP contribution in [0.1, 0.15) is 18.1 Å². The molecule has 0 unspecified atom stereocenters. The lowest BCUT2D eigenvalue weighted by molar-refractivity contribution is -0.123. The highest BCUT2D eigenvalue weighted by atomic mass is 16.5. The first-order valence-electron chi connectivity index (χ1n) is 8.61. The van der Waals surface area contributed by atoms with Crippen LogP contribution < -0.4 is 15.4 Å². The molecule has 2 rings (SSSR count). The Balaban J connectivity index is 1.57. The Bertz CT molecular complexity index is 704. The molecule has 2 N–H and O–H groups in total. The molecule has 0 heterocycles. The van der Waals surface area contributed by atoms with Gasteiger partial charge in [0.15, 0.2) is 6.61 Å². The highest BCUT2D eigenvalue weighted by molar-refractivity contribution is 5.77. The van der Waals surface area contributed by atoms with Crippen LogP contribution >= 0.6 is 0 Å². The quantitative estimate of drug-likeness (QED) is 0.677. The van der Waals surface area contributed by atoms with E-state index in [4.69, 9.17) is 9.47 Å². The first-order valence-corrected chi connectivity index (χ1v) is 8.61. The predicted octanol–water partition coefficient (Wildman–Crippen LogP) is 2.67. The Morgan fingerprint density at radius 2 is 1.62 bits per heavy atom. The fourth-order valence-electron chi connectivity index (χ4n) is 2.27. The van der Waals surface area contributed by atoms with Gasteiger partial charge in [-0.1, -0.05) is 55.5 Å². The number of aryl methyl sites for hydroxylation is 1. The van der Waals surface area contributed by atoms with Gasteiger partial charge in [0.05, 0.1) is 0 Å². The molecule has 0 spiro atoms. The molecule has 0 fully saturated rings. The number of rotatable bonds is 9. The lowest BCUT2D eigenvalue weighted by Crippen LogP contribution is -2.37. The summed E-state index contributed by atoms with van der Waals surface area (Å²) in [5.74, 6) is 0.475. The standard InChI is InChI=1S/C20H24N2O4/c1-2-17-10-6-7-11-18(17)25-15-19(23)21-12-13-22-20(24)26-14-16-8-4-3-5-9-16/h3-11H,2,12-15H2,1H3,(H,21,23)(H,22,24). The zero-order chi connectivity index (χ0) is 18.6. The largest absolute Gasteiger partial charge is 0.483 e. The highest BCUT2D eigenvalue weighted by Gasteiger charge is 2.06. The van der Waals surface area contributed by atoms with Gasteiger partial charge < -0.3 is 20.1 Å². The number of benzene rings is 2. The van der Waals surface area contributed by atoms with Crippen LogP contribution in [0.15, 0.2) is 54.6 Å². The van der Waals surface area contributed by atoms with Gasteiger partial charge in [0, 0.05) is 13.1 Å². The van der Waals surface area contributed by atoms with E-state index in [1.807, 2.05) is 61.5 Å². The second-order valence-electron chi connectivity index (χ2n) is 5.59. The maximum absolute atomic E-state index is 11.8. The smallest absolute Gasteiger partial charge is 0.407 e. The van der Waals surface area contributed by atoms with E-state index in [0.29, 0.717) is 12.3 Å². The highest BCUT2D eigenvalue weighted by Crippen LogP contribution is 2.17. The minimum absolute atomic E-state index is 0.0601. The Morgan fingerprint density at radius 1 is 0.923 bits per heavy atom. The first kappa shape index (κ1) is 19.3. The molecule has 0 aliphatic rings. The molecule has 0 radical (unpaired) electrons. The van der Waals surface area contributed by atoms with Crippen molar-refractivity contribution in [3.05, 3.63) is 65.7 Å². The molecular weight excluding hydrogens is 332 g/mol. The van der Waals surface area contributed by atoms with Crippen molar-refractivity contribution in [2.75, 3.05) is 19.7 Å². The summed E-state index contributed by atoms with van der Waals surface area (Å²) in [7, 11) is 0. The molecule has 0 saturated heterocycles. The summed E-state index contributed by atoms with van der Waals surface area (Å²) in [5, 5.41) is 5.27. The van der Waals surface area contributed by atoms with Crippen molar-refractivity contribution in [2.24, 2.45) is 0 Å². The van der Waals surface area contributed by atoms with E-state index in [-0.39, 0.29) is 25.7 Å². The van der Waals surface area contributed by atoms with Crippen molar-refractivity contribution in [1.82, 2.24) is 10.6 Å². The summed E-state index contributed by atoms with van der Waals surface area (Å²) in [5.41, 5.74) is 1.98. The van der Waals surface area contributed by atoms with Gasteiger partial charge in [0.2, 0.25) is 0 Å². The van der Waals surface area contributed by atoms with Crippen molar-refractivity contribution < 1.29 is 19.1 Å². The van der Waals surface area contributed by atoms with Crippen LogP contribution in [-0.4, -0.2) is 31.7 Å². The number of para-hydroxylation sites is 1. The van der Waals surface area contributed by atoms with Crippen LogP contribution in [0.2, 0.25) is 0 Å². The first-order chi connectivity index (χ1) is 12.7. The zero-order valence-electron chi connectivity index (χ0n) is 14.9. The predicted molar refractivity (Wildman–Crippen MR) is 99.0 cm³/mol. The van der Waals surface area contributed by atoms with E-state index in [9.17, 15) is 9.59 Å². The maximum atomic E-state index is 11.8. The molecule has 6 nitrogen and oxygen atoms in total. The molecule has 0 saturated carbocycles. The molecule has 0 aromatic heterocycles. The van der Waals surface area contributed by atoms with Gasteiger partial charge in [-0.2, -0.15) is 0 Å². The molecule has 0 atom stereocenters. The topological polar surface area (TPSA) is 76.7 Å². The fourth-order valence-corrected chi connectivity index (χ4v) is 2.27. The van der Waals surface area contributed by atoms with E-state index < -0.39 is 6.09 Å². The molecule has 6 heteroatoms. The van der Waals surface area contributed by atoms with Gasteiger partial charge in [-0.25, -0.2) is 4.79 Å². The molecule has 2 aromatic rings. The van der Waals surface area contributed by atoms with Crippen LogP contribution in [0, 0.1) is 0 Å². The third-order valence-corrected chi connectivity index (χ3v) is 3.64. The summed E-state index contributed by atoms with van der Waals surface area (Å²) in [6, 6.07) is 17.0. The Labute approximate surface area is 153 Å². The van der Waals surface area contributed by atoms with Crippen molar-refractivity contribution in [1.29, 1.82) is 0 Å². The lowest BCUT2D eigenvalue weighted by atomic mass is 10.1. The number of carbonyl (C=O) groups is 2. The summed E-state index contributed by atoms with van der Waals surface area (Å²) < 4.78 is 10.6. The third kappa shape index (κ3) is 6.84. The van der Waals surface area contributed by atoms with E-state index in [1.54, 1.807) is 0 Å². The maximum Gasteiger partial charge on any atom is 0.407 e. The number of hydrogen-bond acceptors (Lipinski definition) is 4. The monoisotopic (exact) mass is 356 g/mol. The summed E-state index contributed by atoms with van der Waals surface area (Å²) in [6.45, 7) is 2.77. The minimum Gasteiger partial charge on any atom is -0.483 e. The molecule has 0 aliphatic carbocycles. The second kappa shape index (κ2) is 10.8. The Morgan fingerprint density at radius 3 is 2.38 bits per heavy atom. The van der Waals surface area contributed by atoms with Crippen LogP contribution in [0.25, 0.3) is 0 Å². The van der Waals surface area contributed by atoms with E-state index in [2.05, 4.69) is 10.6 Å². The molecular formula is C20H24N2O4. The lowest BCUT2D eigenvalue weighted by Gasteiger charge is -2.11. The molecule has 0 aliphatic heterocycles. The summed E-state index contributed by atoms with van der Waals surface area (Å²) >= 11 is 0. The van der Waals surface area contributed by atoms with Crippen LogP contribution in [0.5, 0.6) is 5.75 Å². The third-order valence-electron chi connectivity index (χ3n) is 3.64. The fraction of sp³-hybridized carbons (Fsp3) is 0.300. The molecule has 26 heavy (non-hydrogen) atoms. The van der Waals surface area contributed by atoms with Gasteiger partial charge in [0.1, 0.15) is 12.4 Å². The number of amides is 2. The van der Waals surface area contributed by atoms with E-state index >= 15 is 0 Å². The number of nitrogens with one attached hydrogen (secondary N) is 2. The number of ether oxygens (including phenoxy) is 2. The van der Waals surface area contributed by atoms with E-state index in [1.165, 1.54) is 0 Å². The van der Waals surface area contributed by atoms with Crippen molar-refractivity contribution in [3.63, 3.8) is 0 Å². The zero-order valence-corrected chi connectivity index (χ0v) is 14.9. The van der Waals surface area contributed by atoms with Crippen LogP contribution in [0.3, 0.4) is 0 Å². The summed E-state index contributed by atoms with van der Waals surface area (Å²) in [6.07, 6.45) is 0.323. The molecule has 138 valence electrons.